The van der Waals surface area contributed by atoms with Crippen molar-refractivity contribution in [3.8, 4) is 0 Å². The zero-order chi connectivity index (χ0) is 23.0. The first-order chi connectivity index (χ1) is 14.7. The van der Waals surface area contributed by atoms with Crippen LogP contribution < -0.4 is 4.72 Å². The number of likely N-dealkylation sites (N-methyl/N-ethyl adjacent to an activating group) is 1. The first-order valence-corrected chi connectivity index (χ1v) is 12.5. The number of hydrogen-bond donors (Lipinski definition) is 1. The first kappa shape index (κ1) is 25.3. The normalized spacial score (nSPS) is 17.1. The summed E-state index contributed by atoms with van der Waals surface area (Å²) in [4.78, 5) is 29.3. The Kier molecular flexibility index (Phi) is 9.46. The second kappa shape index (κ2) is 11.6. The summed E-state index contributed by atoms with van der Waals surface area (Å²) < 4.78 is 32.6. The highest BCUT2D eigenvalue weighted by atomic mass is 32.2. The van der Waals surface area contributed by atoms with Crippen LogP contribution in [0.1, 0.15) is 57.3 Å². The van der Waals surface area contributed by atoms with Gasteiger partial charge in [0.25, 0.3) is 5.91 Å². The van der Waals surface area contributed by atoms with E-state index in [4.69, 9.17) is 4.74 Å². The highest BCUT2D eigenvalue weighted by Gasteiger charge is 2.28. The lowest BCUT2D eigenvalue weighted by atomic mass is 10.1. The molecule has 1 aromatic rings. The zero-order valence-corrected chi connectivity index (χ0v) is 19.8. The van der Waals surface area contributed by atoms with Gasteiger partial charge in [-0.25, -0.2) is 13.1 Å². The molecule has 1 aliphatic heterocycles. The molecule has 31 heavy (non-hydrogen) atoms. The summed E-state index contributed by atoms with van der Waals surface area (Å²) in [5.41, 5.74) is 0.288. The van der Waals surface area contributed by atoms with Crippen molar-refractivity contribution in [3.05, 3.63) is 29.8 Å². The second-order valence-corrected chi connectivity index (χ2v) is 9.75. The molecule has 1 saturated heterocycles. The van der Waals surface area contributed by atoms with E-state index < -0.39 is 10.0 Å². The van der Waals surface area contributed by atoms with Gasteiger partial charge in [0.1, 0.15) is 0 Å². The molecule has 0 radical (unpaired) electrons. The quantitative estimate of drug-likeness (QED) is 0.516. The average Bonchev–Trinajstić information content (AvgIpc) is 3.17. The van der Waals surface area contributed by atoms with Gasteiger partial charge in [0.05, 0.1) is 17.9 Å². The molecule has 1 unspecified atom stereocenters. The number of benzene rings is 1. The molecule has 9 heteroatoms. The zero-order valence-electron chi connectivity index (χ0n) is 19.0. The number of nitrogens with one attached hydrogen (secondary N) is 1. The minimum absolute atomic E-state index is 0.0495. The molecule has 1 aromatic carbocycles. The van der Waals surface area contributed by atoms with Crippen molar-refractivity contribution in [1.29, 1.82) is 0 Å². The predicted molar refractivity (Wildman–Crippen MR) is 119 cm³/mol. The fraction of sp³-hybridized carbons (Fsp3) is 0.636. The van der Waals surface area contributed by atoms with Crippen molar-refractivity contribution >= 4 is 21.9 Å². The van der Waals surface area contributed by atoms with Crippen LogP contribution in [0.3, 0.4) is 0 Å². The number of carbonyl (C=O) groups is 2. The van der Waals surface area contributed by atoms with Gasteiger partial charge in [-0.3, -0.25) is 14.5 Å². The molecular weight excluding hydrogens is 418 g/mol. The number of esters is 1. The van der Waals surface area contributed by atoms with Gasteiger partial charge < -0.3 is 9.64 Å². The number of hydrogen-bond acceptors (Lipinski definition) is 6. The molecule has 0 bridgehead atoms. The SMILES string of the molecule is CCOC(=O)CCN(CC1CCCN1CC)C(=O)c1cccc(S(=O)(=O)NC(C)C)c1. The smallest absolute Gasteiger partial charge is 0.307 e. The summed E-state index contributed by atoms with van der Waals surface area (Å²) in [6.45, 7) is 10.2. The van der Waals surface area contributed by atoms with E-state index in [-0.39, 0.29) is 47.4 Å². The lowest BCUT2D eigenvalue weighted by Gasteiger charge is -2.30. The number of likely N-dealkylation sites (tertiary alicyclic amines) is 1. The topological polar surface area (TPSA) is 96.0 Å². The van der Waals surface area contributed by atoms with Gasteiger partial charge in [-0.2, -0.15) is 0 Å². The van der Waals surface area contributed by atoms with Crippen molar-refractivity contribution in [3.63, 3.8) is 0 Å². The fourth-order valence-electron chi connectivity index (χ4n) is 3.86. The summed E-state index contributed by atoms with van der Waals surface area (Å²) in [6.07, 6.45) is 2.17. The Labute approximate surface area is 186 Å². The predicted octanol–water partition coefficient (Wildman–Crippen LogP) is 2.25. The van der Waals surface area contributed by atoms with Crippen LogP contribution in [-0.4, -0.2) is 75.0 Å². The third kappa shape index (κ3) is 7.29. The van der Waals surface area contributed by atoms with E-state index in [9.17, 15) is 18.0 Å². The van der Waals surface area contributed by atoms with E-state index in [1.54, 1.807) is 37.8 Å². The van der Waals surface area contributed by atoms with Gasteiger partial charge in [-0.15, -0.1) is 0 Å². The number of carbonyl (C=O) groups excluding carboxylic acids is 2. The van der Waals surface area contributed by atoms with Gasteiger partial charge in [0, 0.05) is 30.7 Å². The molecule has 1 atom stereocenters. The Morgan fingerprint density at radius 1 is 1.29 bits per heavy atom. The highest BCUT2D eigenvalue weighted by Crippen LogP contribution is 2.20. The molecule has 0 aromatic heterocycles. The standard InChI is InChI=1S/C22H35N3O5S/c1-5-24-13-8-10-19(24)16-25(14-12-21(26)30-6-2)22(27)18-9-7-11-20(15-18)31(28,29)23-17(3)4/h7,9,11,15,17,19,23H,5-6,8,10,12-14,16H2,1-4H3. The molecule has 2 rings (SSSR count). The summed E-state index contributed by atoms with van der Waals surface area (Å²) in [6, 6.07) is 6.02. The minimum Gasteiger partial charge on any atom is -0.466 e. The summed E-state index contributed by atoms with van der Waals surface area (Å²) in [5.74, 6) is -0.634. The van der Waals surface area contributed by atoms with Crippen LogP contribution in [-0.2, 0) is 19.6 Å². The molecule has 1 heterocycles. The Bertz CT molecular complexity index is 856. The van der Waals surface area contributed by atoms with E-state index in [0.29, 0.717) is 13.2 Å². The summed E-state index contributed by atoms with van der Waals surface area (Å²) >= 11 is 0. The van der Waals surface area contributed by atoms with Gasteiger partial charge in [0.15, 0.2) is 0 Å². The monoisotopic (exact) mass is 453 g/mol. The van der Waals surface area contributed by atoms with E-state index in [0.717, 1.165) is 25.9 Å². The van der Waals surface area contributed by atoms with Crippen molar-refractivity contribution in [1.82, 2.24) is 14.5 Å². The summed E-state index contributed by atoms with van der Waals surface area (Å²) in [7, 11) is -3.71. The van der Waals surface area contributed by atoms with Gasteiger partial charge in [-0.1, -0.05) is 13.0 Å². The van der Waals surface area contributed by atoms with Crippen molar-refractivity contribution < 1.29 is 22.7 Å². The maximum Gasteiger partial charge on any atom is 0.307 e. The number of nitrogens with zero attached hydrogens (tertiary/aromatic N) is 2. The van der Waals surface area contributed by atoms with Gasteiger partial charge >= 0.3 is 5.97 Å². The number of ether oxygens (including phenoxy) is 1. The molecule has 0 spiro atoms. The van der Waals surface area contributed by atoms with Crippen molar-refractivity contribution in [2.75, 3.05) is 32.8 Å². The molecule has 8 nitrogen and oxygen atoms in total. The van der Waals surface area contributed by atoms with E-state index >= 15 is 0 Å². The number of amides is 1. The second-order valence-electron chi connectivity index (χ2n) is 8.03. The Balaban J connectivity index is 2.24. The van der Waals surface area contributed by atoms with Crippen molar-refractivity contribution in [2.45, 2.75) is 63.9 Å². The Morgan fingerprint density at radius 2 is 2.03 bits per heavy atom. The molecule has 1 N–H and O–H groups in total. The van der Waals surface area contributed by atoms with Crippen LogP contribution >= 0.6 is 0 Å². The van der Waals surface area contributed by atoms with E-state index in [1.165, 1.54) is 12.1 Å². The average molecular weight is 454 g/mol. The third-order valence-electron chi connectivity index (χ3n) is 5.30. The van der Waals surface area contributed by atoms with E-state index in [2.05, 4.69) is 16.5 Å². The van der Waals surface area contributed by atoms with Crippen molar-refractivity contribution in [2.24, 2.45) is 0 Å². The molecule has 1 aliphatic rings. The highest BCUT2D eigenvalue weighted by molar-refractivity contribution is 7.89. The van der Waals surface area contributed by atoms with Gasteiger partial charge in [0.2, 0.25) is 10.0 Å². The van der Waals surface area contributed by atoms with Crippen LogP contribution in [0.2, 0.25) is 0 Å². The maximum atomic E-state index is 13.3. The Hall–Kier alpha value is -1.97. The molecule has 0 aliphatic carbocycles. The largest absolute Gasteiger partial charge is 0.466 e. The molecule has 174 valence electrons. The summed E-state index contributed by atoms with van der Waals surface area (Å²) in [5, 5.41) is 0. The van der Waals surface area contributed by atoms with Crippen LogP contribution in [0.4, 0.5) is 0 Å². The fourth-order valence-corrected chi connectivity index (χ4v) is 5.16. The lowest BCUT2D eigenvalue weighted by molar-refractivity contribution is -0.143. The Morgan fingerprint density at radius 3 is 2.68 bits per heavy atom. The van der Waals surface area contributed by atoms with Crippen LogP contribution in [0.15, 0.2) is 29.2 Å². The molecular formula is C22H35N3O5S. The van der Waals surface area contributed by atoms with Gasteiger partial charge in [-0.05, 0) is 64.9 Å². The lowest BCUT2D eigenvalue weighted by Crippen LogP contribution is -2.44. The minimum atomic E-state index is -3.71. The van der Waals surface area contributed by atoms with Crippen LogP contribution in [0.25, 0.3) is 0 Å². The molecule has 1 fully saturated rings. The third-order valence-corrected chi connectivity index (χ3v) is 6.95. The number of sulfonamides is 1. The van der Waals surface area contributed by atoms with Crippen LogP contribution in [0.5, 0.6) is 0 Å². The maximum absolute atomic E-state index is 13.3. The van der Waals surface area contributed by atoms with E-state index in [1.807, 2.05) is 0 Å². The molecule has 1 amide bonds. The van der Waals surface area contributed by atoms with Crippen LogP contribution in [0, 0.1) is 0 Å². The number of rotatable bonds is 11. The first-order valence-electron chi connectivity index (χ1n) is 11.0. The molecule has 0 saturated carbocycles.